The Morgan fingerprint density at radius 3 is 1.13 bits per heavy atom. The summed E-state index contributed by atoms with van der Waals surface area (Å²) in [6, 6.07) is 121. The van der Waals surface area contributed by atoms with E-state index in [1.54, 1.807) is 23.9 Å². The Bertz CT molecular complexity index is 6450. The van der Waals surface area contributed by atoms with Crippen molar-refractivity contribution in [1.29, 1.82) is 0 Å². The topological polar surface area (TPSA) is 47.3 Å². The van der Waals surface area contributed by atoms with Gasteiger partial charge in [-0.15, -0.1) is 0 Å². The standard InChI is InChI=1S/C92H61B3N8OS2/c1-105-102-80-55-76-72(93-70-43-25-41-68-66-39-21-23-45-78(66)100(91(68)70)82-48-63(47-77(96-76)88(82)93)97(57-27-9-3-10-28-57)58-29-11-4-12-30-58)53-73(80)95-75-54-74-81(56-86(75)104-87-52-65(51-85(102)90(87)95)99(61-35-17-7-18-36-61)62-37-19-8-20-38-62)103(106-2)84-50-64(98(59-31-13-5-14-32-59)60-33-15-6-16-34-60)49-83-89(84)94(74)71-44-26-42-69-67-40-22-24-46-79(67)101(83)92(69)71/h3-56,96H,1-2H3. The van der Waals surface area contributed by atoms with Gasteiger partial charge in [0.2, 0.25) is 0 Å². The molecule has 106 heavy (non-hydrogen) atoms. The minimum atomic E-state index is -0.264. The first-order valence-corrected chi connectivity index (χ1v) is 38.7. The summed E-state index contributed by atoms with van der Waals surface area (Å²) >= 11 is 3.50. The van der Waals surface area contributed by atoms with Crippen molar-refractivity contribution in [1.82, 2.24) is 9.13 Å². The summed E-state index contributed by atoms with van der Waals surface area (Å²) in [6.07, 6.45) is 4.46. The number of hydrogen-bond donors (Lipinski definition) is 1. The molecule has 0 atom stereocenters. The summed E-state index contributed by atoms with van der Waals surface area (Å²) in [4.78, 5) is 7.20. The lowest BCUT2D eigenvalue weighted by molar-refractivity contribution is 0.488. The van der Waals surface area contributed by atoms with Crippen LogP contribution in [0, 0.1) is 0 Å². The van der Waals surface area contributed by atoms with Crippen LogP contribution in [0.15, 0.2) is 328 Å². The van der Waals surface area contributed by atoms with Crippen molar-refractivity contribution in [3.63, 3.8) is 0 Å². The number of fused-ring (bicyclic) bond motifs is 18. The summed E-state index contributed by atoms with van der Waals surface area (Å²) in [7, 11) is 0. The number of benzene rings is 15. The third-order valence-electron chi connectivity index (χ3n) is 23.0. The molecule has 9 nitrogen and oxygen atoms in total. The Labute approximate surface area is 623 Å². The monoisotopic (exact) mass is 1390 g/mol. The zero-order chi connectivity index (χ0) is 69.6. The number of aromatic nitrogens is 2. The van der Waals surface area contributed by atoms with E-state index < -0.39 is 0 Å². The van der Waals surface area contributed by atoms with Crippen LogP contribution in [-0.2, 0) is 0 Å². The highest BCUT2D eigenvalue weighted by Crippen LogP contribution is 2.51. The minimum absolute atomic E-state index is 0.133. The van der Waals surface area contributed by atoms with E-state index in [-0.39, 0.29) is 20.1 Å². The first kappa shape index (κ1) is 59.9. The Morgan fingerprint density at radius 2 is 0.651 bits per heavy atom. The predicted octanol–water partition coefficient (Wildman–Crippen LogP) is 18.1. The molecule has 17 aromatic rings. The van der Waals surface area contributed by atoms with Gasteiger partial charge in [-0.1, -0.05) is 194 Å². The van der Waals surface area contributed by atoms with E-state index in [1.807, 2.05) is 0 Å². The second-order valence-corrected chi connectivity index (χ2v) is 29.8. The van der Waals surface area contributed by atoms with E-state index >= 15 is 0 Å². The number of para-hydroxylation sites is 10. The summed E-state index contributed by atoms with van der Waals surface area (Å²) in [5, 5.41) is 9.25. The van der Waals surface area contributed by atoms with Crippen molar-refractivity contribution in [2.45, 2.75) is 0 Å². The SMILES string of the molecule is CSN1c2cc3c(cc2B2c4cc5c(cc4Oc4cc(N(c6ccccc6)c6ccccc6)cc1c42)N(SC)c1cc(N(c2ccccc2)c2ccccc2)cc2c1B5c1cccc4c5ccccc5n-2c14)B1c2c(cc(N(c4ccccc4)c4ccccc4)cc2-n2c4ccccc4c4cccc1c42)N3. The van der Waals surface area contributed by atoms with E-state index in [0.29, 0.717) is 0 Å². The lowest BCUT2D eigenvalue weighted by Gasteiger charge is -2.43. The number of ether oxygens (including phenoxy) is 1. The number of hydrogen-bond acceptors (Lipinski definition) is 9. The van der Waals surface area contributed by atoms with Crippen LogP contribution < -0.4 is 82.5 Å². The highest BCUT2D eigenvalue weighted by Gasteiger charge is 2.49. The molecule has 1 N–H and O–H groups in total. The minimum Gasteiger partial charge on any atom is -0.458 e. The lowest BCUT2D eigenvalue weighted by atomic mass is 9.29. The van der Waals surface area contributed by atoms with Crippen LogP contribution in [0.25, 0.3) is 55.0 Å². The van der Waals surface area contributed by atoms with Crippen LogP contribution in [0.1, 0.15) is 0 Å². The average molecular weight is 1390 g/mol. The highest BCUT2D eigenvalue weighted by molar-refractivity contribution is 8.00. The molecule has 0 amide bonds. The van der Waals surface area contributed by atoms with Gasteiger partial charge in [-0.05, 0) is 194 Å². The Morgan fingerprint density at radius 1 is 0.274 bits per heavy atom. The van der Waals surface area contributed by atoms with E-state index in [2.05, 4.69) is 378 Å². The molecule has 0 saturated heterocycles. The van der Waals surface area contributed by atoms with Crippen LogP contribution in [0.5, 0.6) is 11.5 Å². The van der Waals surface area contributed by atoms with Gasteiger partial charge >= 0.3 is 0 Å². The van der Waals surface area contributed by atoms with Crippen LogP contribution >= 0.6 is 23.9 Å². The van der Waals surface area contributed by atoms with Gasteiger partial charge in [-0.25, -0.2) is 0 Å². The number of rotatable bonds is 11. The van der Waals surface area contributed by atoms with Crippen molar-refractivity contribution in [3.05, 3.63) is 328 Å². The Kier molecular flexibility index (Phi) is 13.0. The van der Waals surface area contributed by atoms with Crippen molar-refractivity contribution in [2.24, 2.45) is 0 Å². The van der Waals surface area contributed by atoms with Gasteiger partial charge < -0.3 is 33.9 Å². The highest BCUT2D eigenvalue weighted by atomic mass is 32.2. The Balaban J connectivity index is 0.789. The molecule has 0 saturated carbocycles. The molecule has 8 heterocycles. The van der Waals surface area contributed by atoms with Crippen molar-refractivity contribution in [3.8, 4) is 22.9 Å². The summed E-state index contributed by atoms with van der Waals surface area (Å²) in [6.45, 7) is -0.544. The molecule has 23 rings (SSSR count). The van der Waals surface area contributed by atoms with Gasteiger partial charge in [0, 0.05) is 120 Å². The molecule has 0 fully saturated rings. The van der Waals surface area contributed by atoms with Gasteiger partial charge in [0.25, 0.3) is 20.1 Å². The summed E-state index contributed by atoms with van der Waals surface area (Å²) in [5.74, 6) is 1.68. The molecule has 0 radical (unpaired) electrons. The van der Waals surface area contributed by atoms with E-state index in [0.717, 1.165) is 108 Å². The maximum atomic E-state index is 7.88. The number of nitrogens with zero attached hydrogens (tertiary/aromatic N) is 7. The normalized spacial score (nSPS) is 13.3. The third kappa shape index (κ3) is 8.44. The molecular weight excluding hydrogens is 1330 g/mol. The predicted molar refractivity (Wildman–Crippen MR) is 454 cm³/mol. The first-order chi connectivity index (χ1) is 52.5. The molecule has 6 aliphatic heterocycles. The van der Waals surface area contributed by atoms with Gasteiger partial charge in [0.1, 0.15) is 11.5 Å². The zero-order valence-electron chi connectivity index (χ0n) is 57.8. The van der Waals surface area contributed by atoms with Crippen LogP contribution in [0.3, 0.4) is 0 Å². The fourth-order valence-electron chi connectivity index (χ4n) is 18.9. The number of nitrogens with one attached hydrogen (secondary N) is 1. The van der Waals surface area contributed by atoms with E-state index in [4.69, 9.17) is 4.74 Å². The second-order valence-electron chi connectivity index (χ2n) is 28.3. The zero-order valence-corrected chi connectivity index (χ0v) is 59.4. The summed E-state index contributed by atoms with van der Waals surface area (Å²) < 4.78 is 18.0. The average Bonchev–Trinajstić information content (AvgIpc) is 1.33. The van der Waals surface area contributed by atoms with Gasteiger partial charge in [-0.2, -0.15) is 0 Å². The van der Waals surface area contributed by atoms with Crippen LogP contribution in [0.4, 0.5) is 85.3 Å². The maximum Gasteiger partial charge on any atom is 0.256 e. The molecule has 6 aliphatic rings. The van der Waals surface area contributed by atoms with E-state index in [1.165, 1.54) is 93.2 Å². The second kappa shape index (κ2) is 22.9. The first-order valence-electron chi connectivity index (χ1n) is 36.3. The molecule has 0 bridgehead atoms. The molecule has 15 aromatic carbocycles. The Hall–Kier alpha value is -12.6. The van der Waals surface area contributed by atoms with Crippen molar-refractivity contribution in [2.75, 3.05) is 41.1 Å². The van der Waals surface area contributed by atoms with Gasteiger partial charge in [0.05, 0.1) is 45.2 Å². The van der Waals surface area contributed by atoms with E-state index in [9.17, 15) is 0 Å². The molecular formula is C92H61B3N8OS2. The van der Waals surface area contributed by atoms with Crippen molar-refractivity contribution < 1.29 is 4.74 Å². The third-order valence-corrected chi connectivity index (χ3v) is 24.5. The number of anilines is 15. The maximum absolute atomic E-state index is 7.88. The van der Waals surface area contributed by atoms with Crippen LogP contribution in [0.2, 0.25) is 0 Å². The van der Waals surface area contributed by atoms with Gasteiger partial charge in [0.15, 0.2) is 0 Å². The molecule has 496 valence electrons. The molecule has 14 heteroatoms. The molecule has 0 spiro atoms. The van der Waals surface area contributed by atoms with Crippen LogP contribution in [-0.4, -0.2) is 41.8 Å². The summed E-state index contributed by atoms with van der Waals surface area (Å²) in [5.41, 5.74) is 34.6. The lowest BCUT2D eigenvalue weighted by Crippen LogP contribution is -2.65. The van der Waals surface area contributed by atoms with Gasteiger partial charge in [-0.3, -0.25) is 8.61 Å². The smallest absolute Gasteiger partial charge is 0.256 e. The quantitative estimate of drug-likeness (QED) is 0.101. The molecule has 2 aromatic heterocycles. The fraction of sp³-hybridized carbons (Fsp3) is 0.0217. The van der Waals surface area contributed by atoms with Crippen molar-refractivity contribution >= 4 is 222 Å². The largest absolute Gasteiger partial charge is 0.458 e. The molecule has 0 unspecified atom stereocenters. The molecule has 0 aliphatic carbocycles. The fourth-order valence-corrected chi connectivity index (χ4v) is 20.3.